The average molecular weight is 420 g/mol. The molecule has 0 bridgehead atoms. The molecule has 0 aliphatic rings. The molecule has 1 atom stereocenters. The SMILES string of the molecule is CCCC(CC(=O)O)n1c(=O)n(Cc2cn(C)c3cc(C)cc(C)c23)c2ccccc21. The van der Waals surface area contributed by atoms with Gasteiger partial charge >= 0.3 is 11.7 Å². The molecule has 4 rings (SSSR count). The lowest BCUT2D eigenvalue weighted by atomic mass is 10.0. The highest BCUT2D eigenvalue weighted by atomic mass is 16.4. The van der Waals surface area contributed by atoms with Crippen molar-refractivity contribution in [1.29, 1.82) is 0 Å². The maximum absolute atomic E-state index is 13.6. The molecule has 31 heavy (non-hydrogen) atoms. The van der Waals surface area contributed by atoms with Crippen molar-refractivity contribution in [3.63, 3.8) is 0 Å². The predicted octanol–water partition coefficient (Wildman–Crippen LogP) is 4.78. The Morgan fingerprint density at radius 3 is 2.48 bits per heavy atom. The molecule has 2 aromatic carbocycles. The number of hydrogen-bond donors (Lipinski definition) is 1. The quantitative estimate of drug-likeness (QED) is 0.469. The molecule has 6 heteroatoms. The van der Waals surface area contributed by atoms with Gasteiger partial charge in [0.25, 0.3) is 0 Å². The summed E-state index contributed by atoms with van der Waals surface area (Å²) in [6.45, 7) is 6.65. The summed E-state index contributed by atoms with van der Waals surface area (Å²) in [6.07, 6.45) is 3.49. The van der Waals surface area contributed by atoms with Crippen LogP contribution in [0, 0.1) is 13.8 Å². The minimum atomic E-state index is -0.887. The van der Waals surface area contributed by atoms with Crippen LogP contribution in [-0.2, 0) is 18.4 Å². The molecule has 6 nitrogen and oxygen atoms in total. The van der Waals surface area contributed by atoms with E-state index in [-0.39, 0.29) is 18.2 Å². The van der Waals surface area contributed by atoms with Gasteiger partial charge in [-0.1, -0.05) is 31.5 Å². The standard InChI is InChI=1S/C25H29N3O3/c1-5-8-19(13-23(29)30)28-21-10-7-6-9-20(21)27(25(28)31)15-18-14-26(4)22-12-16(2)11-17(3)24(18)22/h6-7,9-12,14,19H,5,8,13,15H2,1-4H3,(H,29,30). The Morgan fingerprint density at radius 2 is 1.81 bits per heavy atom. The van der Waals surface area contributed by atoms with Gasteiger partial charge in [-0.05, 0) is 55.2 Å². The van der Waals surface area contributed by atoms with Crippen LogP contribution in [0.25, 0.3) is 21.9 Å². The van der Waals surface area contributed by atoms with E-state index in [2.05, 4.69) is 36.7 Å². The first-order valence-corrected chi connectivity index (χ1v) is 10.8. The highest BCUT2D eigenvalue weighted by molar-refractivity contribution is 5.88. The molecule has 0 spiro atoms. The zero-order valence-corrected chi connectivity index (χ0v) is 18.6. The van der Waals surface area contributed by atoms with Crippen LogP contribution in [0.3, 0.4) is 0 Å². The van der Waals surface area contributed by atoms with Gasteiger partial charge in [-0.2, -0.15) is 0 Å². The lowest BCUT2D eigenvalue weighted by Gasteiger charge is -2.16. The van der Waals surface area contributed by atoms with E-state index in [0.717, 1.165) is 28.5 Å². The fraction of sp³-hybridized carbons (Fsp3) is 0.360. The van der Waals surface area contributed by atoms with Gasteiger partial charge in [-0.15, -0.1) is 0 Å². The Labute approximate surface area is 181 Å². The second-order valence-electron chi connectivity index (χ2n) is 8.51. The average Bonchev–Trinajstić information content (AvgIpc) is 3.16. The van der Waals surface area contributed by atoms with Gasteiger partial charge in [0.1, 0.15) is 0 Å². The van der Waals surface area contributed by atoms with Gasteiger partial charge in [0.15, 0.2) is 0 Å². The Balaban J connectivity index is 1.90. The summed E-state index contributed by atoms with van der Waals surface area (Å²) in [7, 11) is 2.03. The molecule has 2 heterocycles. The van der Waals surface area contributed by atoms with Crippen LogP contribution in [0.4, 0.5) is 0 Å². The fourth-order valence-corrected chi connectivity index (χ4v) is 4.89. The number of carbonyl (C=O) groups is 1. The number of fused-ring (bicyclic) bond motifs is 2. The number of nitrogens with zero attached hydrogens (tertiary/aromatic N) is 3. The number of carboxylic acid groups (broad SMARTS) is 1. The number of carboxylic acids is 1. The van der Waals surface area contributed by atoms with Gasteiger partial charge in [0.2, 0.25) is 0 Å². The van der Waals surface area contributed by atoms with Gasteiger partial charge in [-0.3, -0.25) is 13.9 Å². The Hall–Kier alpha value is -3.28. The van der Waals surface area contributed by atoms with Crippen LogP contribution in [0.1, 0.15) is 48.9 Å². The summed E-state index contributed by atoms with van der Waals surface area (Å²) in [5.74, 6) is -0.887. The first kappa shape index (κ1) is 21.0. The Kier molecular flexibility index (Phi) is 5.48. The number of imidazole rings is 1. The number of rotatable bonds is 7. The lowest BCUT2D eigenvalue weighted by molar-refractivity contribution is -0.137. The van der Waals surface area contributed by atoms with E-state index in [4.69, 9.17) is 0 Å². The van der Waals surface area contributed by atoms with Gasteiger partial charge in [0.05, 0.1) is 24.0 Å². The Bertz CT molecular complexity index is 1340. The molecule has 162 valence electrons. The summed E-state index contributed by atoms with van der Waals surface area (Å²) in [5.41, 5.74) is 6.12. The Morgan fingerprint density at radius 1 is 1.10 bits per heavy atom. The second kappa shape index (κ2) is 8.10. The van der Waals surface area contributed by atoms with E-state index in [0.29, 0.717) is 13.0 Å². The van der Waals surface area contributed by atoms with E-state index in [9.17, 15) is 14.7 Å². The van der Waals surface area contributed by atoms with Crippen molar-refractivity contribution < 1.29 is 9.90 Å². The van der Waals surface area contributed by atoms with Crippen molar-refractivity contribution >= 4 is 27.9 Å². The summed E-state index contributed by atoms with van der Waals surface area (Å²) < 4.78 is 5.59. The van der Waals surface area contributed by atoms with E-state index in [1.165, 1.54) is 16.5 Å². The smallest absolute Gasteiger partial charge is 0.329 e. The van der Waals surface area contributed by atoms with Crippen molar-refractivity contribution in [3.8, 4) is 0 Å². The van der Waals surface area contributed by atoms with Gasteiger partial charge in [-0.25, -0.2) is 4.79 Å². The first-order chi connectivity index (χ1) is 14.8. The van der Waals surface area contributed by atoms with Crippen LogP contribution >= 0.6 is 0 Å². The summed E-state index contributed by atoms with van der Waals surface area (Å²) in [5, 5.41) is 10.6. The van der Waals surface area contributed by atoms with E-state index in [1.54, 1.807) is 9.13 Å². The molecule has 0 aliphatic carbocycles. The molecule has 0 saturated carbocycles. The predicted molar refractivity (Wildman–Crippen MR) is 124 cm³/mol. The van der Waals surface area contributed by atoms with Crippen LogP contribution in [0.2, 0.25) is 0 Å². The molecule has 0 aliphatic heterocycles. The van der Waals surface area contributed by atoms with Crippen molar-refractivity contribution in [3.05, 3.63) is 69.8 Å². The second-order valence-corrected chi connectivity index (χ2v) is 8.51. The van der Waals surface area contributed by atoms with E-state index < -0.39 is 5.97 Å². The third-order valence-corrected chi connectivity index (χ3v) is 6.10. The monoisotopic (exact) mass is 419 g/mol. The van der Waals surface area contributed by atoms with Gasteiger partial charge < -0.3 is 9.67 Å². The minimum Gasteiger partial charge on any atom is -0.481 e. The third kappa shape index (κ3) is 3.67. The number of aryl methyl sites for hydroxylation is 3. The summed E-state index contributed by atoms with van der Waals surface area (Å²) >= 11 is 0. The fourth-order valence-electron chi connectivity index (χ4n) is 4.89. The van der Waals surface area contributed by atoms with Crippen LogP contribution in [-0.4, -0.2) is 24.8 Å². The van der Waals surface area contributed by atoms with Gasteiger partial charge in [0, 0.05) is 30.2 Å². The molecular weight excluding hydrogens is 390 g/mol. The molecule has 1 N–H and O–H groups in total. The van der Waals surface area contributed by atoms with Crippen LogP contribution in [0.5, 0.6) is 0 Å². The molecule has 4 aromatic rings. The minimum absolute atomic E-state index is 0.0611. The van der Waals surface area contributed by atoms with Crippen molar-refractivity contribution in [1.82, 2.24) is 13.7 Å². The molecule has 0 fully saturated rings. The topological polar surface area (TPSA) is 69.2 Å². The van der Waals surface area contributed by atoms with Crippen molar-refractivity contribution in [2.24, 2.45) is 7.05 Å². The van der Waals surface area contributed by atoms with E-state index in [1.807, 2.05) is 38.2 Å². The highest BCUT2D eigenvalue weighted by Gasteiger charge is 2.23. The maximum Gasteiger partial charge on any atom is 0.329 e. The molecule has 2 aromatic heterocycles. The van der Waals surface area contributed by atoms with Crippen LogP contribution < -0.4 is 5.69 Å². The number of benzene rings is 2. The molecular formula is C25H29N3O3. The summed E-state index contributed by atoms with van der Waals surface area (Å²) in [4.78, 5) is 25.1. The zero-order valence-electron chi connectivity index (χ0n) is 18.6. The van der Waals surface area contributed by atoms with Crippen molar-refractivity contribution in [2.45, 2.75) is 52.6 Å². The third-order valence-electron chi connectivity index (χ3n) is 6.10. The summed E-state index contributed by atoms with van der Waals surface area (Å²) in [6, 6.07) is 11.7. The van der Waals surface area contributed by atoms with Crippen LogP contribution in [0.15, 0.2) is 47.4 Å². The largest absolute Gasteiger partial charge is 0.481 e. The van der Waals surface area contributed by atoms with Crippen molar-refractivity contribution in [2.75, 3.05) is 0 Å². The number of aliphatic carboxylic acids is 1. The zero-order chi connectivity index (χ0) is 22.3. The lowest BCUT2D eigenvalue weighted by Crippen LogP contribution is -2.29. The number of aromatic nitrogens is 3. The highest BCUT2D eigenvalue weighted by Crippen LogP contribution is 2.28. The van der Waals surface area contributed by atoms with E-state index >= 15 is 0 Å². The molecule has 0 amide bonds. The first-order valence-electron chi connectivity index (χ1n) is 10.8. The molecule has 0 saturated heterocycles. The maximum atomic E-state index is 13.6. The number of hydrogen-bond acceptors (Lipinski definition) is 2. The number of para-hydroxylation sites is 2. The molecule has 0 radical (unpaired) electrons. The normalized spacial score (nSPS) is 12.6. The molecule has 1 unspecified atom stereocenters.